The van der Waals surface area contributed by atoms with E-state index in [4.69, 9.17) is 16.1 Å². The summed E-state index contributed by atoms with van der Waals surface area (Å²) in [5, 5.41) is 7.85. The molecule has 2 aromatic heterocycles. The first-order valence-corrected chi connectivity index (χ1v) is 5.53. The maximum atomic E-state index is 5.75. The Bertz CT molecular complexity index is 401. The first kappa shape index (κ1) is 10.5. The quantitative estimate of drug-likeness (QED) is 0.888. The van der Waals surface area contributed by atoms with Crippen LogP contribution in [0.4, 0.5) is 0 Å². The van der Waals surface area contributed by atoms with Crippen LogP contribution in [0.25, 0.3) is 0 Å². The van der Waals surface area contributed by atoms with Gasteiger partial charge in [0.25, 0.3) is 0 Å². The number of halogens is 1. The standard InChI is InChI=1S/C8H9ClN4OS/c1-5-12-7(13-14-5)3-10-4-8-11-2-6(9)15-8/h2,10H,3-4H2,1H3. The summed E-state index contributed by atoms with van der Waals surface area (Å²) in [4.78, 5) is 8.18. The first-order chi connectivity index (χ1) is 7.24. The topological polar surface area (TPSA) is 63.8 Å². The zero-order valence-corrected chi connectivity index (χ0v) is 9.60. The van der Waals surface area contributed by atoms with Gasteiger partial charge in [0, 0.05) is 13.5 Å². The first-order valence-electron chi connectivity index (χ1n) is 4.34. The monoisotopic (exact) mass is 244 g/mol. The van der Waals surface area contributed by atoms with Gasteiger partial charge in [-0.3, -0.25) is 0 Å². The molecule has 0 bridgehead atoms. The van der Waals surface area contributed by atoms with Gasteiger partial charge in [-0.05, 0) is 0 Å². The number of aromatic nitrogens is 3. The highest BCUT2D eigenvalue weighted by atomic mass is 35.5. The van der Waals surface area contributed by atoms with Gasteiger partial charge in [-0.15, -0.1) is 11.3 Å². The molecule has 0 unspecified atom stereocenters. The van der Waals surface area contributed by atoms with Gasteiger partial charge in [-0.1, -0.05) is 16.8 Å². The predicted molar refractivity (Wildman–Crippen MR) is 56.7 cm³/mol. The Labute approximate surface area is 95.5 Å². The average molecular weight is 245 g/mol. The lowest BCUT2D eigenvalue weighted by Crippen LogP contribution is -2.13. The zero-order chi connectivity index (χ0) is 10.7. The summed E-state index contributed by atoms with van der Waals surface area (Å²) in [5.74, 6) is 1.22. The van der Waals surface area contributed by atoms with Crippen molar-refractivity contribution in [3.63, 3.8) is 0 Å². The van der Waals surface area contributed by atoms with E-state index in [0.29, 0.717) is 29.1 Å². The van der Waals surface area contributed by atoms with Crippen molar-refractivity contribution >= 4 is 22.9 Å². The maximum absolute atomic E-state index is 5.75. The van der Waals surface area contributed by atoms with Crippen molar-refractivity contribution in [2.45, 2.75) is 20.0 Å². The summed E-state index contributed by atoms with van der Waals surface area (Å²) in [6.45, 7) is 2.98. The highest BCUT2D eigenvalue weighted by Gasteiger charge is 2.03. The van der Waals surface area contributed by atoms with Crippen molar-refractivity contribution in [1.29, 1.82) is 0 Å². The Morgan fingerprint density at radius 3 is 3.00 bits per heavy atom. The Morgan fingerprint density at radius 1 is 1.53 bits per heavy atom. The summed E-state index contributed by atoms with van der Waals surface area (Å²) in [7, 11) is 0. The van der Waals surface area contributed by atoms with E-state index in [0.717, 1.165) is 5.01 Å². The lowest BCUT2D eigenvalue weighted by molar-refractivity contribution is 0.385. The molecule has 0 fully saturated rings. The number of nitrogens with zero attached hydrogens (tertiary/aromatic N) is 3. The van der Waals surface area contributed by atoms with Gasteiger partial charge in [-0.25, -0.2) is 4.98 Å². The average Bonchev–Trinajstić information content (AvgIpc) is 2.76. The Balaban J connectivity index is 1.80. The van der Waals surface area contributed by atoms with Crippen LogP contribution in [0.5, 0.6) is 0 Å². The highest BCUT2D eigenvalue weighted by molar-refractivity contribution is 7.15. The predicted octanol–water partition coefficient (Wildman–Crippen LogP) is 1.78. The van der Waals surface area contributed by atoms with Crippen molar-refractivity contribution in [1.82, 2.24) is 20.4 Å². The SMILES string of the molecule is Cc1nc(CNCc2ncc(Cl)s2)no1. The van der Waals surface area contributed by atoms with Crippen LogP contribution in [0, 0.1) is 6.92 Å². The fraction of sp³-hybridized carbons (Fsp3) is 0.375. The van der Waals surface area contributed by atoms with Crippen LogP contribution >= 0.6 is 22.9 Å². The van der Waals surface area contributed by atoms with E-state index in [-0.39, 0.29) is 0 Å². The fourth-order valence-corrected chi connectivity index (χ4v) is 1.99. The van der Waals surface area contributed by atoms with Crippen LogP contribution in [0.2, 0.25) is 4.34 Å². The van der Waals surface area contributed by atoms with E-state index in [2.05, 4.69) is 20.4 Å². The van der Waals surface area contributed by atoms with Gasteiger partial charge >= 0.3 is 0 Å². The molecule has 15 heavy (non-hydrogen) atoms. The molecule has 0 atom stereocenters. The van der Waals surface area contributed by atoms with E-state index >= 15 is 0 Å². The molecule has 5 nitrogen and oxygen atoms in total. The molecular formula is C8H9ClN4OS. The van der Waals surface area contributed by atoms with E-state index in [9.17, 15) is 0 Å². The van der Waals surface area contributed by atoms with Crippen molar-refractivity contribution in [3.05, 3.63) is 27.3 Å². The minimum Gasteiger partial charge on any atom is -0.340 e. The van der Waals surface area contributed by atoms with Crippen LogP contribution < -0.4 is 5.32 Å². The number of hydrogen-bond donors (Lipinski definition) is 1. The molecule has 7 heteroatoms. The molecule has 0 aliphatic rings. The third-order valence-electron chi connectivity index (χ3n) is 1.65. The molecule has 0 radical (unpaired) electrons. The Hall–Kier alpha value is -0.980. The molecule has 0 aliphatic heterocycles. The lowest BCUT2D eigenvalue weighted by atomic mass is 10.5. The van der Waals surface area contributed by atoms with Crippen molar-refractivity contribution in [2.75, 3.05) is 0 Å². The van der Waals surface area contributed by atoms with Gasteiger partial charge in [0.15, 0.2) is 5.82 Å². The Kier molecular flexibility index (Phi) is 3.30. The van der Waals surface area contributed by atoms with Crippen molar-refractivity contribution in [3.8, 4) is 0 Å². The van der Waals surface area contributed by atoms with Crippen molar-refractivity contribution in [2.24, 2.45) is 0 Å². The van der Waals surface area contributed by atoms with Gasteiger partial charge in [0.2, 0.25) is 5.89 Å². The summed E-state index contributed by atoms with van der Waals surface area (Å²) >= 11 is 7.20. The van der Waals surface area contributed by atoms with Gasteiger partial charge in [-0.2, -0.15) is 4.98 Å². The van der Waals surface area contributed by atoms with Gasteiger partial charge in [0.05, 0.1) is 12.7 Å². The molecule has 2 rings (SSSR count). The molecular weight excluding hydrogens is 236 g/mol. The fourth-order valence-electron chi connectivity index (χ4n) is 1.06. The molecule has 0 saturated carbocycles. The summed E-state index contributed by atoms with van der Waals surface area (Å²) in [6, 6.07) is 0. The molecule has 0 spiro atoms. The maximum Gasteiger partial charge on any atom is 0.223 e. The minimum atomic E-state index is 0.564. The van der Waals surface area contributed by atoms with Crippen molar-refractivity contribution < 1.29 is 4.52 Å². The third kappa shape index (κ3) is 2.98. The summed E-state index contributed by atoms with van der Waals surface area (Å²) in [5.41, 5.74) is 0. The second-order valence-electron chi connectivity index (χ2n) is 2.89. The van der Waals surface area contributed by atoms with Crippen LogP contribution in [0.3, 0.4) is 0 Å². The molecule has 0 aliphatic carbocycles. The molecule has 0 aromatic carbocycles. The molecule has 2 heterocycles. The van der Waals surface area contributed by atoms with Crippen LogP contribution in [0.1, 0.15) is 16.7 Å². The zero-order valence-electron chi connectivity index (χ0n) is 8.03. The van der Waals surface area contributed by atoms with Crippen LogP contribution in [0.15, 0.2) is 10.7 Å². The second kappa shape index (κ2) is 4.69. The van der Waals surface area contributed by atoms with E-state index in [1.165, 1.54) is 11.3 Å². The molecule has 1 N–H and O–H groups in total. The Morgan fingerprint density at radius 2 is 2.40 bits per heavy atom. The van der Waals surface area contributed by atoms with Gasteiger partial charge in [0.1, 0.15) is 9.34 Å². The summed E-state index contributed by atoms with van der Waals surface area (Å²) < 4.78 is 5.53. The lowest BCUT2D eigenvalue weighted by Gasteiger charge is -1.96. The van der Waals surface area contributed by atoms with E-state index in [1.807, 2.05) is 0 Å². The van der Waals surface area contributed by atoms with E-state index in [1.54, 1.807) is 13.1 Å². The number of aryl methyl sites for hydroxylation is 1. The largest absolute Gasteiger partial charge is 0.340 e. The molecule has 2 aromatic rings. The van der Waals surface area contributed by atoms with Crippen LogP contribution in [-0.4, -0.2) is 15.1 Å². The number of hydrogen-bond acceptors (Lipinski definition) is 6. The molecule has 0 amide bonds. The molecule has 80 valence electrons. The molecule has 0 saturated heterocycles. The number of nitrogens with one attached hydrogen (secondary N) is 1. The highest BCUT2D eigenvalue weighted by Crippen LogP contribution is 2.17. The third-order valence-corrected chi connectivity index (χ3v) is 2.77. The van der Waals surface area contributed by atoms with Gasteiger partial charge < -0.3 is 9.84 Å². The normalized spacial score (nSPS) is 10.8. The van der Waals surface area contributed by atoms with E-state index < -0.39 is 0 Å². The smallest absolute Gasteiger partial charge is 0.223 e. The summed E-state index contributed by atoms with van der Waals surface area (Å²) in [6.07, 6.45) is 1.64. The number of rotatable bonds is 4. The van der Waals surface area contributed by atoms with Crippen LogP contribution in [-0.2, 0) is 13.1 Å². The minimum absolute atomic E-state index is 0.564. The second-order valence-corrected chi connectivity index (χ2v) is 4.64. The number of thiazole rings is 1.